The van der Waals surface area contributed by atoms with Gasteiger partial charge in [-0.1, -0.05) is 128 Å². The number of hydrazone groups is 1. The average Bonchev–Trinajstić information content (AvgIpc) is 0.831. The van der Waals surface area contributed by atoms with Gasteiger partial charge in [0.05, 0.1) is 77.4 Å². The standard InChI is InChI=1S/C74H107N11O14S/c1-14-44(6)66(59(96-11)37-61(87)84-33-20-25-56(84)68(97-12)45(7)69(90)79-46(8)67(89)50-21-16-15-17-22-50)82(9)71(92)52(42(2)3)36-57(86)65(43(4)5)83(10)74(95)98-41-48-28-31-58(53(35-48)70(91)77-32-34-85-62(88)38-60(100-13)72(85)93)99-73(94)80-55-24-19-18-23-51-54(63(55)76)40-78-81-64(51)49-29-26-47(39-75)27-30-49/h15-17,21-22,26-31,35,40,42-46,51-52,55-56,59-60,63,65-68,78,89H,14,18-20,23-25,32-34,36-39,41,75-76H2,1-13H3,(H,77,91)(H,79,90)(H,80,94)/t44-,45+,46+,51?,52-,55?,56-,59+,60?,63-,65-,66-,67+,68+/m0/s1. The number of hydrogen-bond donors (Lipinski definition) is 7. The molecule has 14 atom stereocenters. The first kappa shape index (κ1) is 79.6. The van der Waals surface area contributed by atoms with Gasteiger partial charge in [-0.3, -0.25) is 43.9 Å². The summed E-state index contributed by atoms with van der Waals surface area (Å²) in [5, 5.41) is 23.8. The second-order valence-electron chi connectivity index (χ2n) is 27.7. The third kappa shape index (κ3) is 19.7. The van der Waals surface area contributed by atoms with Crippen molar-refractivity contribution < 1.29 is 67.2 Å². The molecule has 1 saturated carbocycles. The van der Waals surface area contributed by atoms with Crippen LogP contribution in [0.25, 0.3) is 0 Å². The average molecular weight is 1410 g/mol. The number of aliphatic hydroxyl groups is 1. The molecular weight excluding hydrogens is 1300 g/mol. The first-order chi connectivity index (χ1) is 47.7. The number of amides is 8. The van der Waals surface area contributed by atoms with E-state index in [0.29, 0.717) is 49.9 Å². The van der Waals surface area contributed by atoms with Gasteiger partial charge < -0.3 is 66.2 Å². The number of thioether (sulfide) groups is 1. The van der Waals surface area contributed by atoms with Gasteiger partial charge >= 0.3 is 12.2 Å². The predicted octanol–water partition coefficient (Wildman–Crippen LogP) is 7.21. The van der Waals surface area contributed by atoms with E-state index in [-0.39, 0.29) is 96.7 Å². The van der Waals surface area contributed by atoms with Gasteiger partial charge in [0.1, 0.15) is 12.4 Å². The fraction of sp³-hybridized carbons (Fsp3) is 0.595. The summed E-state index contributed by atoms with van der Waals surface area (Å²) in [4.78, 5) is 132. The number of ketones is 1. The van der Waals surface area contributed by atoms with E-state index in [1.807, 2.05) is 70.2 Å². The van der Waals surface area contributed by atoms with Crippen LogP contribution in [0.1, 0.15) is 158 Å². The molecule has 25 nitrogen and oxygen atoms in total. The summed E-state index contributed by atoms with van der Waals surface area (Å²) in [7, 11) is 6.15. The van der Waals surface area contributed by atoms with Crippen molar-refractivity contribution in [1.29, 1.82) is 0 Å². The van der Waals surface area contributed by atoms with Crippen LogP contribution in [0.4, 0.5) is 9.59 Å². The van der Waals surface area contributed by atoms with Gasteiger partial charge in [-0.2, -0.15) is 16.9 Å². The first-order valence-corrected chi connectivity index (χ1v) is 36.4. The molecule has 0 aromatic heterocycles. The van der Waals surface area contributed by atoms with Gasteiger partial charge in [0.2, 0.25) is 29.5 Å². The molecule has 3 heterocycles. The van der Waals surface area contributed by atoms with Crippen molar-refractivity contribution in [1.82, 2.24) is 41.0 Å². The lowest BCUT2D eigenvalue weighted by atomic mass is 9.77. The molecule has 100 heavy (non-hydrogen) atoms. The maximum atomic E-state index is 15.0. The number of rotatable bonds is 32. The Labute approximate surface area is 593 Å². The monoisotopic (exact) mass is 1410 g/mol. The summed E-state index contributed by atoms with van der Waals surface area (Å²) in [6.45, 7) is 15.0. The maximum Gasteiger partial charge on any atom is 0.412 e. The fourth-order valence-corrected chi connectivity index (χ4v) is 15.1. The summed E-state index contributed by atoms with van der Waals surface area (Å²) >= 11 is 1.27. The number of likely N-dealkylation sites (N-methyl/N-ethyl adjacent to an activating group) is 2. The van der Waals surface area contributed by atoms with Crippen molar-refractivity contribution in [3.63, 3.8) is 0 Å². The van der Waals surface area contributed by atoms with Crippen LogP contribution in [0.2, 0.25) is 0 Å². The molecule has 7 rings (SSSR count). The van der Waals surface area contributed by atoms with Gasteiger partial charge in [-0.05, 0) is 96.6 Å². The summed E-state index contributed by atoms with van der Waals surface area (Å²) in [6.07, 6.45) is 3.89. The van der Waals surface area contributed by atoms with Gasteiger partial charge in [-0.25, -0.2) is 9.59 Å². The number of Topliss-reactive ketones (excluding diaryl/α,β-unsaturated/α-hetero) is 1. The van der Waals surface area contributed by atoms with E-state index in [1.165, 1.54) is 56.1 Å². The molecule has 26 heteroatoms. The Morgan fingerprint density at radius 2 is 1.54 bits per heavy atom. The Kier molecular flexibility index (Phi) is 29.6. The molecule has 3 aromatic carbocycles. The zero-order chi connectivity index (χ0) is 73.2. The van der Waals surface area contributed by atoms with Crippen molar-refractivity contribution in [3.05, 3.63) is 112 Å². The maximum absolute atomic E-state index is 15.0. The number of aliphatic hydroxyl groups excluding tert-OH is 1. The topological polar surface area (TPSA) is 336 Å². The minimum Gasteiger partial charge on any atom is -0.445 e. The fourth-order valence-electron chi connectivity index (χ4n) is 14.5. The van der Waals surface area contributed by atoms with E-state index in [0.717, 1.165) is 46.6 Å². The quantitative estimate of drug-likeness (QED) is 0.0303. The first-order valence-electron chi connectivity index (χ1n) is 35.1. The predicted molar refractivity (Wildman–Crippen MR) is 382 cm³/mol. The lowest BCUT2D eigenvalue weighted by Gasteiger charge is -2.41. The molecule has 8 amide bonds. The molecule has 0 radical (unpaired) electrons. The van der Waals surface area contributed by atoms with Crippen LogP contribution in [-0.4, -0.2) is 192 Å². The number of likely N-dealkylation sites (tertiary alicyclic amines) is 2. The number of fused-ring (bicyclic) bond motifs is 1. The van der Waals surface area contributed by atoms with Gasteiger partial charge in [0.25, 0.3) is 5.91 Å². The van der Waals surface area contributed by atoms with Crippen molar-refractivity contribution in [2.24, 2.45) is 52.1 Å². The van der Waals surface area contributed by atoms with E-state index in [2.05, 4.69) is 26.5 Å². The molecule has 9 N–H and O–H groups in total. The van der Waals surface area contributed by atoms with Gasteiger partial charge in [0.15, 0.2) is 5.78 Å². The second kappa shape index (κ2) is 37.3. The number of carbonyl (C=O) groups excluding carboxylic acids is 9. The van der Waals surface area contributed by atoms with E-state index in [1.54, 1.807) is 69.1 Å². The molecule has 1 aliphatic carbocycles. The molecule has 3 aliphatic heterocycles. The van der Waals surface area contributed by atoms with Crippen LogP contribution in [0.5, 0.6) is 5.75 Å². The van der Waals surface area contributed by atoms with Crippen molar-refractivity contribution in [2.75, 3.05) is 54.2 Å². The Morgan fingerprint density at radius 3 is 2.17 bits per heavy atom. The van der Waals surface area contributed by atoms with Crippen LogP contribution in [0.3, 0.4) is 0 Å². The lowest BCUT2D eigenvalue weighted by Crippen LogP contribution is -2.55. The number of methoxy groups -OCH3 is 2. The van der Waals surface area contributed by atoms with Crippen molar-refractivity contribution in [2.45, 2.75) is 193 Å². The molecule has 3 fully saturated rings. The highest BCUT2D eigenvalue weighted by molar-refractivity contribution is 8.00. The Bertz CT molecular complexity index is 3390. The van der Waals surface area contributed by atoms with E-state index < -0.39 is 102 Å². The van der Waals surface area contributed by atoms with E-state index in [4.69, 9.17) is 30.4 Å². The summed E-state index contributed by atoms with van der Waals surface area (Å²) in [5.74, 6) is -5.48. The molecule has 4 aliphatic rings. The van der Waals surface area contributed by atoms with E-state index in [9.17, 15) is 43.5 Å². The van der Waals surface area contributed by atoms with E-state index >= 15 is 4.79 Å². The van der Waals surface area contributed by atoms with Crippen LogP contribution >= 0.6 is 11.8 Å². The molecule has 2 saturated heterocycles. The number of imide groups is 1. The van der Waals surface area contributed by atoms with Crippen LogP contribution in [0.15, 0.2) is 89.7 Å². The molecular formula is C74H107N11O14S. The second-order valence-corrected chi connectivity index (χ2v) is 28.7. The van der Waals surface area contributed by atoms with Gasteiger partial charge in [0, 0.05) is 91.4 Å². The zero-order valence-electron chi connectivity index (χ0n) is 60.4. The molecule has 0 spiro atoms. The molecule has 3 unspecified atom stereocenters. The number of ether oxygens (including phenoxy) is 4. The molecule has 3 aromatic rings. The summed E-state index contributed by atoms with van der Waals surface area (Å²) in [6, 6.07) is 17.3. The molecule has 548 valence electrons. The summed E-state index contributed by atoms with van der Waals surface area (Å²) in [5.41, 5.74) is 20.3. The number of nitrogens with two attached hydrogens (primary N) is 2. The number of nitrogens with zero attached hydrogens (tertiary/aromatic N) is 5. The largest absolute Gasteiger partial charge is 0.445 e. The van der Waals surface area contributed by atoms with Crippen LogP contribution < -0.4 is 37.6 Å². The Morgan fingerprint density at radius 1 is 0.850 bits per heavy atom. The molecule has 0 bridgehead atoms. The summed E-state index contributed by atoms with van der Waals surface area (Å²) < 4.78 is 23.9. The highest BCUT2D eigenvalue weighted by Gasteiger charge is 2.45. The SMILES string of the molecule is CC[C@H](C)[C@@H]([C@@H](CC(=O)N1CCC[C@H]1[C@H](OC)[C@@H](C)C(=O)N[C@H](C)[C@@H](O)c1ccccc1)OC)N(C)C(=O)[C@@H](CC(=O)[C@H](C(C)C)N(C)C(=O)OCc1ccc(OC(=O)NC2CCCCC3C(=CNN=C3c3ccc(CN)cc3)[C@@H]2N)c(C(=O)NCCN2C(=O)CC(SC)C2=O)c1)C(C)C. The Balaban J connectivity index is 1.01. The number of carbonyl (C=O) groups is 9. The van der Waals surface area contributed by atoms with Crippen molar-refractivity contribution >= 4 is 70.9 Å². The Hall–Kier alpha value is -7.75. The number of hydrogen-bond acceptors (Lipinski definition) is 19. The lowest BCUT2D eigenvalue weighted by molar-refractivity contribution is -0.149. The van der Waals surface area contributed by atoms with Crippen LogP contribution in [0, 0.1) is 35.5 Å². The number of benzene rings is 3. The smallest absolute Gasteiger partial charge is 0.412 e. The third-order valence-electron chi connectivity index (χ3n) is 20.4. The normalized spacial score (nSPS) is 21.3. The zero-order valence-corrected chi connectivity index (χ0v) is 61.2. The third-order valence-corrected chi connectivity index (χ3v) is 21.4. The van der Waals surface area contributed by atoms with Gasteiger partial charge in [-0.15, -0.1) is 0 Å². The van der Waals surface area contributed by atoms with Crippen LogP contribution in [-0.2, 0) is 56.1 Å². The highest BCUT2D eigenvalue weighted by atomic mass is 32.2. The minimum absolute atomic E-state index is 0.0468. The highest BCUT2D eigenvalue weighted by Crippen LogP contribution is 2.35. The minimum atomic E-state index is -1.05. The number of nitrogens with one attached hydrogen (secondary N) is 4. The van der Waals surface area contributed by atoms with Crippen molar-refractivity contribution in [3.8, 4) is 5.75 Å².